The monoisotopic (exact) mass is 356 g/mol. The molecule has 0 unspecified atom stereocenters. The molecule has 0 amide bonds. The van der Waals surface area contributed by atoms with Crippen molar-refractivity contribution in [1.29, 1.82) is 0 Å². The second-order valence-electron chi connectivity index (χ2n) is 6.61. The van der Waals surface area contributed by atoms with Crippen LogP contribution in [0, 0.1) is 0 Å². The molecule has 3 N–H and O–H groups in total. The number of rotatable bonds is 1. The molecular formula is C19H16O7. The summed E-state index contributed by atoms with van der Waals surface area (Å²) in [4.78, 5) is 13.0. The SMILES string of the molecule is COc1c2c(c(O)c3c(=O)c4c(O)ccc(O)c4oc13)C=CC(C)(C)O2. The van der Waals surface area contributed by atoms with Crippen LogP contribution in [0.1, 0.15) is 19.4 Å². The van der Waals surface area contributed by atoms with Crippen molar-refractivity contribution in [2.45, 2.75) is 19.4 Å². The second-order valence-corrected chi connectivity index (χ2v) is 6.61. The summed E-state index contributed by atoms with van der Waals surface area (Å²) in [7, 11) is 1.38. The van der Waals surface area contributed by atoms with Gasteiger partial charge in [-0.2, -0.15) is 0 Å². The molecule has 0 bridgehead atoms. The lowest BCUT2D eigenvalue weighted by molar-refractivity contribution is 0.152. The van der Waals surface area contributed by atoms with Gasteiger partial charge in [0.1, 0.15) is 27.9 Å². The number of phenols is 3. The summed E-state index contributed by atoms with van der Waals surface area (Å²) in [5, 5.41) is 30.4. The number of methoxy groups -OCH3 is 1. The van der Waals surface area contributed by atoms with Crippen LogP contribution in [-0.4, -0.2) is 28.0 Å². The molecule has 3 aromatic rings. The smallest absolute Gasteiger partial charge is 0.208 e. The maximum Gasteiger partial charge on any atom is 0.208 e. The zero-order valence-electron chi connectivity index (χ0n) is 14.3. The number of benzene rings is 2. The van der Waals surface area contributed by atoms with Crippen LogP contribution in [-0.2, 0) is 0 Å². The van der Waals surface area contributed by atoms with Crippen LogP contribution in [0.25, 0.3) is 28.0 Å². The third-order valence-electron chi connectivity index (χ3n) is 4.37. The molecule has 0 spiro atoms. The minimum atomic E-state index is -0.688. The highest BCUT2D eigenvalue weighted by Crippen LogP contribution is 2.49. The average molecular weight is 356 g/mol. The Balaban J connectivity index is 2.27. The zero-order chi connectivity index (χ0) is 18.8. The molecule has 4 rings (SSSR count). The lowest BCUT2D eigenvalue weighted by atomic mass is 9.98. The second kappa shape index (κ2) is 5.08. The highest BCUT2D eigenvalue weighted by molar-refractivity contribution is 6.03. The predicted molar refractivity (Wildman–Crippen MR) is 95.3 cm³/mol. The van der Waals surface area contributed by atoms with E-state index in [9.17, 15) is 20.1 Å². The summed E-state index contributed by atoms with van der Waals surface area (Å²) >= 11 is 0. The van der Waals surface area contributed by atoms with Crippen molar-refractivity contribution in [3.63, 3.8) is 0 Å². The van der Waals surface area contributed by atoms with E-state index in [0.717, 1.165) is 0 Å². The van der Waals surface area contributed by atoms with Crippen molar-refractivity contribution >= 4 is 28.0 Å². The maximum atomic E-state index is 13.0. The third kappa shape index (κ3) is 2.03. The van der Waals surface area contributed by atoms with Gasteiger partial charge in [-0.15, -0.1) is 0 Å². The first-order chi connectivity index (χ1) is 12.2. The Labute approximate surface area is 147 Å². The maximum absolute atomic E-state index is 13.0. The van der Waals surface area contributed by atoms with E-state index in [0.29, 0.717) is 0 Å². The van der Waals surface area contributed by atoms with E-state index in [1.807, 2.05) is 13.8 Å². The Hall–Kier alpha value is -3.35. The first-order valence-corrected chi connectivity index (χ1v) is 7.88. The van der Waals surface area contributed by atoms with E-state index in [-0.39, 0.29) is 56.2 Å². The van der Waals surface area contributed by atoms with Gasteiger partial charge in [-0.3, -0.25) is 4.79 Å². The first kappa shape index (κ1) is 16.1. The van der Waals surface area contributed by atoms with Gasteiger partial charge < -0.3 is 29.2 Å². The van der Waals surface area contributed by atoms with Gasteiger partial charge in [-0.05, 0) is 38.1 Å². The normalized spacial score (nSPS) is 15.0. The summed E-state index contributed by atoms with van der Waals surface area (Å²) in [5.41, 5.74) is -1.34. The van der Waals surface area contributed by atoms with Crippen molar-refractivity contribution in [2.24, 2.45) is 0 Å². The van der Waals surface area contributed by atoms with Crippen LogP contribution in [0.4, 0.5) is 0 Å². The van der Waals surface area contributed by atoms with Gasteiger partial charge in [0.25, 0.3) is 0 Å². The Morgan fingerprint density at radius 2 is 1.73 bits per heavy atom. The van der Waals surface area contributed by atoms with Crippen LogP contribution in [0.5, 0.6) is 28.7 Å². The lowest BCUT2D eigenvalue weighted by Crippen LogP contribution is -2.28. The van der Waals surface area contributed by atoms with Crippen LogP contribution < -0.4 is 14.9 Å². The van der Waals surface area contributed by atoms with Crippen LogP contribution in [0.3, 0.4) is 0 Å². The number of hydrogen-bond donors (Lipinski definition) is 3. The molecule has 26 heavy (non-hydrogen) atoms. The van der Waals surface area contributed by atoms with Crippen LogP contribution >= 0.6 is 0 Å². The van der Waals surface area contributed by atoms with Crippen molar-refractivity contribution < 1.29 is 29.2 Å². The lowest BCUT2D eigenvalue weighted by Gasteiger charge is -2.29. The summed E-state index contributed by atoms with van der Waals surface area (Å²) in [6.45, 7) is 3.65. The molecule has 2 aromatic carbocycles. The minimum absolute atomic E-state index is 0.0757. The number of hydrogen-bond acceptors (Lipinski definition) is 7. The zero-order valence-corrected chi connectivity index (χ0v) is 14.3. The summed E-state index contributed by atoms with van der Waals surface area (Å²) in [6, 6.07) is 2.39. The van der Waals surface area contributed by atoms with Gasteiger partial charge >= 0.3 is 0 Å². The Bertz CT molecular complexity index is 1170. The summed E-state index contributed by atoms with van der Waals surface area (Å²) in [5.74, 6) is -0.685. The van der Waals surface area contributed by atoms with Crippen molar-refractivity contribution in [1.82, 2.24) is 0 Å². The molecule has 1 aromatic heterocycles. The topological polar surface area (TPSA) is 109 Å². The van der Waals surface area contributed by atoms with Crippen molar-refractivity contribution in [3.05, 3.63) is 34.0 Å². The molecule has 1 aliphatic heterocycles. The first-order valence-electron chi connectivity index (χ1n) is 7.88. The fourth-order valence-corrected chi connectivity index (χ4v) is 3.13. The quantitative estimate of drug-likeness (QED) is 0.453. The van der Waals surface area contributed by atoms with Gasteiger partial charge in [0.15, 0.2) is 22.7 Å². The Morgan fingerprint density at radius 1 is 1.04 bits per heavy atom. The van der Waals surface area contributed by atoms with Crippen molar-refractivity contribution in [3.8, 4) is 28.7 Å². The van der Waals surface area contributed by atoms with E-state index >= 15 is 0 Å². The Morgan fingerprint density at radius 3 is 2.42 bits per heavy atom. The summed E-state index contributed by atoms with van der Waals surface area (Å²) in [6.07, 6.45) is 3.38. The van der Waals surface area contributed by atoms with Gasteiger partial charge in [-0.1, -0.05) is 0 Å². The van der Waals surface area contributed by atoms with Gasteiger partial charge in [0.2, 0.25) is 11.2 Å². The molecule has 0 saturated carbocycles. The van der Waals surface area contributed by atoms with Crippen molar-refractivity contribution in [2.75, 3.05) is 7.11 Å². The molecule has 7 heteroatoms. The molecule has 2 heterocycles. The van der Waals surface area contributed by atoms with Crippen LogP contribution in [0.15, 0.2) is 27.4 Å². The standard InChI is InChI=1S/C19H16O7/c1-19(2)7-6-8-13(22)12-14(23)11-9(20)4-5-10(21)16(11)25-17(12)18(24-3)15(8)26-19/h4-7,20-22H,1-3H3. The van der Waals surface area contributed by atoms with Crippen LogP contribution in [0.2, 0.25) is 0 Å². The molecular weight excluding hydrogens is 340 g/mol. The molecule has 0 atom stereocenters. The number of aromatic hydroxyl groups is 3. The number of phenolic OH excluding ortho intramolecular Hbond substituents is 3. The molecule has 0 fully saturated rings. The fraction of sp³-hybridized carbons (Fsp3) is 0.211. The number of ether oxygens (including phenoxy) is 2. The van der Waals surface area contributed by atoms with Gasteiger partial charge in [0.05, 0.1) is 12.7 Å². The molecule has 0 saturated heterocycles. The van der Waals surface area contributed by atoms with E-state index in [4.69, 9.17) is 13.9 Å². The molecule has 134 valence electrons. The molecule has 1 aliphatic rings. The Kier molecular flexibility index (Phi) is 3.15. The predicted octanol–water partition coefficient (Wildman–Crippen LogP) is 3.26. The molecule has 0 aliphatic carbocycles. The van der Waals surface area contributed by atoms with E-state index in [1.165, 1.54) is 19.2 Å². The average Bonchev–Trinajstić information content (AvgIpc) is 2.57. The van der Waals surface area contributed by atoms with E-state index in [2.05, 4.69) is 0 Å². The van der Waals surface area contributed by atoms with Gasteiger partial charge in [-0.25, -0.2) is 0 Å². The highest BCUT2D eigenvalue weighted by Gasteiger charge is 2.32. The molecule has 7 nitrogen and oxygen atoms in total. The highest BCUT2D eigenvalue weighted by atomic mass is 16.5. The van der Waals surface area contributed by atoms with E-state index in [1.54, 1.807) is 12.2 Å². The number of fused-ring (bicyclic) bond motifs is 3. The largest absolute Gasteiger partial charge is 0.507 e. The summed E-state index contributed by atoms with van der Waals surface area (Å²) < 4.78 is 17.0. The fourth-order valence-electron chi connectivity index (χ4n) is 3.13. The minimum Gasteiger partial charge on any atom is -0.507 e. The van der Waals surface area contributed by atoms with E-state index < -0.39 is 11.0 Å². The van der Waals surface area contributed by atoms with Gasteiger partial charge in [0, 0.05) is 0 Å². The molecule has 0 radical (unpaired) electrons. The third-order valence-corrected chi connectivity index (χ3v) is 4.37.